The number of likely N-dealkylation sites (tertiary alicyclic amines) is 1. The number of hydrogen-bond acceptors (Lipinski definition) is 3. The Labute approximate surface area is 187 Å². The zero-order valence-electron chi connectivity index (χ0n) is 17.4. The number of amides is 2. The molecule has 0 spiro atoms. The molecule has 0 aliphatic carbocycles. The Morgan fingerprint density at radius 2 is 1.84 bits per heavy atom. The number of nitrogens with one attached hydrogen (secondary N) is 1. The molecule has 2 aliphatic heterocycles. The molecular weight excluding hydrogens is 417 g/mol. The molecule has 0 radical (unpaired) electrons. The van der Waals surface area contributed by atoms with E-state index in [1.807, 2.05) is 28.0 Å². The Morgan fingerprint density at radius 1 is 1.06 bits per heavy atom. The van der Waals surface area contributed by atoms with Gasteiger partial charge in [0.15, 0.2) is 0 Å². The molecule has 2 heterocycles. The largest absolute Gasteiger partial charge is 0.351 e. The first-order valence-corrected chi connectivity index (χ1v) is 11.2. The van der Waals surface area contributed by atoms with Crippen LogP contribution in [0.3, 0.4) is 0 Å². The van der Waals surface area contributed by atoms with Crippen LogP contribution in [0.25, 0.3) is 0 Å². The lowest BCUT2D eigenvalue weighted by Crippen LogP contribution is -2.50. The molecule has 7 heteroatoms. The van der Waals surface area contributed by atoms with Gasteiger partial charge in [-0.3, -0.25) is 14.5 Å². The van der Waals surface area contributed by atoms with Gasteiger partial charge in [-0.2, -0.15) is 0 Å². The number of piperidine rings is 1. The first-order valence-electron chi connectivity index (χ1n) is 10.8. The van der Waals surface area contributed by atoms with Gasteiger partial charge in [-0.05, 0) is 54.5 Å². The predicted molar refractivity (Wildman–Crippen MR) is 118 cm³/mol. The normalized spacial score (nSPS) is 19.0. The van der Waals surface area contributed by atoms with Crippen molar-refractivity contribution in [3.05, 3.63) is 70.0 Å². The maximum atomic E-state index is 13.5. The topological polar surface area (TPSA) is 52.7 Å². The quantitative estimate of drug-likeness (QED) is 0.766. The number of carbonyl (C=O) groups is 2. The number of carbonyl (C=O) groups excluding carboxylic acids is 2. The van der Waals surface area contributed by atoms with Gasteiger partial charge in [-0.15, -0.1) is 0 Å². The van der Waals surface area contributed by atoms with E-state index in [0.29, 0.717) is 6.54 Å². The average Bonchev–Trinajstić information content (AvgIpc) is 2.80. The van der Waals surface area contributed by atoms with Gasteiger partial charge in [0.25, 0.3) is 0 Å². The molecule has 1 fully saturated rings. The highest BCUT2D eigenvalue weighted by Crippen LogP contribution is 2.32. The van der Waals surface area contributed by atoms with Crippen molar-refractivity contribution in [2.75, 3.05) is 26.2 Å². The summed E-state index contributed by atoms with van der Waals surface area (Å²) in [5, 5.41) is 2.90. The van der Waals surface area contributed by atoms with E-state index in [9.17, 15) is 14.0 Å². The third-order valence-corrected chi connectivity index (χ3v) is 6.39. The number of nitrogens with zero attached hydrogens (tertiary/aromatic N) is 2. The summed E-state index contributed by atoms with van der Waals surface area (Å²) in [6, 6.07) is 12.0. The molecule has 2 amide bonds. The second-order valence-corrected chi connectivity index (χ2v) is 8.64. The molecule has 4 rings (SSSR count). The average molecular weight is 444 g/mol. The van der Waals surface area contributed by atoms with Crippen molar-refractivity contribution in [3.8, 4) is 0 Å². The predicted octanol–water partition coefficient (Wildman–Crippen LogP) is 3.71. The number of rotatable bonds is 5. The molecule has 2 aromatic rings. The summed E-state index contributed by atoms with van der Waals surface area (Å²) in [7, 11) is 0. The number of benzene rings is 2. The third-order valence-electron chi connectivity index (χ3n) is 6.11. The van der Waals surface area contributed by atoms with E-state index in [0.717, 1.165) is 49.9 Å². The maximum absolute atomic E-state index is 13.5. The fourth-order valence-corrected chi connectivity index (χ4v) is 4.66. The molecule has 164 valence electrons. The van der Waals surface area contributed by atoms with E-state index in [2.05, 4.69) is 11.4 Å². The standard InChI is InChI=1S/C24H27ClFN3O2/c25-20-14-17(8-9-21(20)26)15-27-22(30)16-29-13-10-18-6-2-3-7-19(18)23(29)24(31)28-11-4-1-5-12-28/h2-3,6-9,14,23H,1,4-5,10-13,15-16H2,(H,27,30)/t23-/m0/s1. The SMILES string of the molecule is O=C(CN1CCc2ccccc2[C@H]1C(=O)N1CCCCC1)NCc1ccc(F)c(Cl)c1. The Hall–Kier alpha value is -2.44. The Morgan fingerprint density at radius 3 is 2.61 bits per heavy atom. The van der Waals surface area contributed by atoms with E-state index in [1.54, 1.807) is 6.07 Å². The summed E-state index contributed by atoms with van der Waals surface area (Å²) in [6.45, 7) is 2.60. The van der Waals surface area contributed by atoms with Gasteiger partial charge in [0, 0.05) is 26.2 Å². The van der Waals surface area contributed by atoms with Crippen LogP contribution in [0.2, 0.25) is 5.02 Å². The molecule has 1 atom stereocenters. The molecule has 1 N–H and O–H groups in total. The lowest BCUT2D eigenvalue weighted by Gasteiger charge is -2.39. The van der Waals surface area contributed by atoms with E-state index >= 15 is 0 Å². The summed E-state index contributed by atoms with van der Waals surface area (Å²) in [4.78, 5) is 30.1. The molecule has 0 aromatic heterocycles. The van der Waals surface area contributed by atoms with Gasteiger partial charge in [0.05, 0.1) is 11.6 Å². The van der Waals surface area contributed by atoms with Crippen molar-refractivity contribution in [2.45, 2.75) is 38.3 Å². The van der Waals surface area contributed by atoms with Gasteiger partial charge in [-0.25, -0.2) is 4.39 Å². The van der Waals surface area contributed by atoms with Gasteiger partial charge in [0.2, 0.25) is 11.8 Å². The molecule has 2 aromatic carbocycles. The molecule has 0 unspecified atom stereocenters. The summed E-state index contributed by atoms with van der Waals surface area (Å²) in [6.07, 6.45) is 4.02. The van der Waals surface area contributed by atoms with E-state index < -0.39 is 11.9 Å². The minimum Gasteiger partial charge on any atom is -0.351 e. The fourth-order valence-electron chi connectivity index (χ4n) is 4.46. The van der Waals surface area contributed by atoms with Crippen molar-refractivity contribution in [3.63, 3.8) is 0 Å². The lowest BCUT2D eigenvalue weighted by atomic mass is 9.91. The van der Waals surface area contributed by atoms with Crippen LogP contribution in [0.5, 0.6) is 0 Å². The molecule has 1 saturated heterocycles. The van der Waals surface area contributed by atoms with Crippen LogP contribution in [0.4, 0.5) is 4.39 Å². The minimum absolute atomic E-state index is 0.0339. The monoisotopic (exact) mass is 443 g/mol. The molecule has 2 aliphatic rings. The second-order valence-electron chi connectivity index (χ2n) is 8.23. The van der Waals surface area contributed by atoms with Crippen LogP contribution in [0.1, 0.15) is 42.0 Å². The van der Waals surface area contributed by atoms with Crippen LogP contribution < -0.4 is 5.32 Å². The minimum atomic E-state index is -0.484. The summed E-state index contributed by atoms with van der Waals surface area (Å²) < 4.78 is 13.3. The summed E-state index contributed by atoms with van der Waals surface area (Å²) in [5.41, 5.74) is 2.91. The van der Waals surface area contributed by atoms with Crippen LogP contribution in [-0.4, -0.2) is 47.8 Å². The lowest BCUT2D eigenvalue weighted by molar-refractivity contribution is -0.139. The van der Waals surface area contributed by atoms with Crippen molar-refractivity contribution in [1.82, 2.24) is 15.1 Å². The highest BCUT2D eigenvalue weighted by Gasteiger charge is 2.36. The Kier molecular flexibility index (Phi) is 6.88. The maximum Gasteiger partial charge on any atom is 0.244 e. The summed E-state index contributed by atoms with van der Waals surface area (Å²) >= 11 is 5.82. The first kappa shape index (κ1) is 21.8. The van der Waals surface area contributed by atoms with Gasteiger partial charge >= 0.3 is 0 Å². The van der Waals surface area contributed by atoms with Crippen LogP contribution >= 0.6 is 11.6 Å². The van der Waals surface area contributed by atoms with Gasteiger partial charge in [-0.1, -0.05) is 41.9 Å². The van der Waals surface area contributed by atoms with Crippen LogP contribution in [-0.2, 0) is 22.6 Å². The van der Waals surface area contributed by atoms with E-state index in [1.165, 1.54) is 17.7 Å². The van der Waals surface area contributed by atoms with Crippen LogP contribution in [0, 0.1) is 5.82 Å². The number of hydrogen-bond donors (Lipinski definition) is 1. The molecule has 0 bridgehead atoms. The third kappa shape index (κ3) is 5.08. The second kappa shape index (κ2) is 9.79. The fraction of sp³-hybridized carbons (Fsp3) is 0.417. The van der Waals surface area contributed by atoms with E-state index in [-0.39, 0.29) is 29.9 Å². The van der Waals surface area contributed by atoms with Gasteiger partial charge in [0.1, 0.15) is 11.9 Å². The summed E-state index contributed by atoms with van der Waals surface area (Å²) in [5.74, 6) is -0.566. The number of fused-ring (bicyclic) bond motifs is 1. The molecule has 5 nitrogen and oxygen atoms in total. The number of halogens is 2. The molecule has 0 saturated carbocycles. The Balaban J connectivity index is 1.46. The van der Waals surface area contributed by atoms with Crippen molar-refractivity contribution < 1.29 is 14.0 Å². The zero-order valence-corrected chi connectivity index (χ0v) is 18.2. The van der Waals surface area contributed by atoms with Crippen LogP contribution in [0.15, 0.2) is 42.5 Å². The van der Waals surface area contributed by atoms with Crippen molar-refractivity contribution in [2.24, 2.45) is 0 Å². The first-order chi connectivity index (χ1) is 15.0. The van der Waals surface area contributed by atoms with Gasteiger partial charge < -0.3 is 10.2 Å². The van der Waals surface area contributed by atoms with Crippen molar-refractivity contribution in [1.29, 1.82) is 0 Å². The highest BCUT2D eigenvalue weighted by molar-refractivity contribution is 6.30. The molecule has 31 heavy (non-hydrogen) atoms. The highest BCUT2D eigenvalue weighted by atomic mass is 35.5. The Bertz CT molecular complexity index is 962. The smallest absolute Gasteiger partial charge is 0.244 e. The molecular formula is C24H27ClFN3O2. The zero-order chi connectivity index (χ0) is 21.8. The van der Waals surface area contributed by atoms with Crippen molar-refractivity contribution >= 4 is 23.4 Å². The van der Waals surface area contributed by atoms with E-state index in [4.69, 9.17) is 11.6 Å².